The smallest absolute Gasteiger partial charge is 0.319 e. The van der Waals surface area contributed by atoms with Gasteiger partial charge < -0.3 is 25.0 Å². The monoisotopic (exact) mass is 965 g/mol. The number of amides is 2. The zero-order valence-electron chi connectivity index (χ0n) is 39.1. The Balaban J connectivity index is 0.717. The van der Waals surface area contributed by atoms with Gasteiger partial charge in [-0.1, -0.05) is 13.0 Å². The minimum absolute atomic E-state index is 0.00976. The fourth-order valence-electron chi connectivity index (χ4n) is 12.6. The van der Waals surface area contributed by atoms with Crippen molar-refractivity contribution in [1.29, 1.82) is 0 Å². The molecule has 9 heterocycles. The Morgan fingerprint density at radius 2 is 1.59 bits per heavy atom. The molecule has 4 bridgehead atoms. The molecule has 3 N–H and O–H groups in total. The number of nitrogens with zero attached hydrogens (tertiary/aromatic N) is 7. The number of piperidine rings is 3. The van der Waals surface area contributed by atoms with Gasteiger partial charge in [0, 0.05) is 124 Å². The number of anilines is 2. The van der Waals surface area contributed by atoms with E-state index in [1.54, 1.807) is 17.2 Å². The van der Waals surface area contributed by atoms with E-state index in [4.69, 9.17) is 14.7 Å². The maximum atomic E-state index is 17.2. The first-order valence-electron chi connectivity index (χ1n) is 24.9. The van der Waals surface area contributed by atoms with E-state index >= 15 is 22.0 Å². The number of aryl methyl sites for hydroxylation is 1. The number of imide groups is 1. The van der Waals surface area contributed by atoms with Gasteiger partial charge in [-0.05, 0) is 91.6 Å². The van der Waals surface area contributed by atoms with Crippen molar-refractivity contribution in [3.05, 3.63) is 77.0 Å². The molecule has 18 heteroatoms. The molecule has 5 aromatic rings. The van der Waals surface area contributed by atoms with Gasteiger partial charge in [-0.3, -0.25) is 29.7 Å². The number of nitrogens with one attached hydrogen (secondary N) is 2. The second-order valence-electron chi connectivity index (χ2n) is 21.2. The number of phenolic OH excluding ortho intramolecular Hbond substituents is 1. The molecule has 0 spiro atoms. The number of carbonyl (C=O) groups excluding carboxylic acids is 2. The number of fused-ring (bicyclic) bond motifs is 6. The van der Waals surface area contributed by atoms with E-state index < -0.39 is 46.7 Å². The van der Waals surface area contributed by atoms with E-state index in [0.717, 1.165) is 51.7 Å². The summed E-state index contributed by atoms with van der Waals surface area (Å²) in [5.74, 6) is -4.59. The SMILES string of the molecule is CCc1c(F)ccc2cc(O)cc(-c3ncc4c(N5CC6CCC(C5)N6)nc(OCC5(CN6CC7CC(C6)N7CC6(F)CCN(c7cc(F)c(C8CCC(=O)NC8=O)c(F)c7)CC6)CC5)nc4c3F)c12. The van der Waals surface area contributed by atoms with Gasteiger partial charge in [0.25, 0.3) is 0 Å². The summed E-state index contributed by atoms with van der Waals surface area (Å²) in [6.45, 7) is 6.84. The van der Waals surface area contributed by atoms with Crippen molar-refractivity contribution >= 4 is 45.0 Å². The molecule has 2 amide bonds. The van der Waals surface area contributed by atoms with E-state index in [0.29, 0.717) is 79.0 Å². The van der Waals surface area contributed by atoms with Crippen LogP contribution in [0.3, 0.4) is 0 Å². The van der Waals surface area contributed by atoms with Crippen LogP contribution in [0, 0.1) is 28.7 Å². The van der Waals surface area contributed by atoms with Gasteiger partial charge >= 0.3 is 6.01 Å². The van der Waals surface area contributed by atoms with E-state index in [1.807, 2.05) is 6.92 Å². The second-order valence-corrected chi connectivity index (χ2v) is 21.2. The van der Waals surface area contributed by atoms with Gasteiger partial charge in [0.2, 0.25) is 11.8 Å². The third-order valence-electron chi connectivity index (χ3n) is 16.5. The van der Waals surface area contributed by atoms with Crippen molar-refractivity contribution < 1.29 is 41.4 Å². The molecule has 368 valence electrons. The van der Waals surface area contributed by atoms with E-state index in [-0.39, 0.29) is 89.4 Å². The molecule has 3 aromatic carbocycles. The maximum absolute atomic E-state index is 17.2. The quantitative estimate of drug-likeness (QED) is 0.0873. The normalized spacial score (nSPS) is 26.2. The van der Waals surface area contributed by atoms with Crippen molar-refractivity contribution in [3.63, 3.8) is 0 Å². The van der Waals surface area contributed by atoms with Gasteiger partial charge in [0.15, 0.2) is 5.82 Å². The summed E-state index contributed by atoms with van der Waals surface area (Å²) in [6.07, 6.45) is 7.39. The Bertz CT molecular complexity index is 2900. The zero-order chi connectivity index (χ0) is 48.2. The van der Waals surface area contributed by atoms with Crippen molar-refractivity contribution in [1.82, 2.24) is 35.4 Å². The van der Waals surface area contributed by atoms with Crippen LogP contribution in [-0.4, -0.2) is 130 Å². The number of hydrogen-bond acceptors (Lipinski definition) is 12. The number of rotatable bonds is 12. The van der Waals surface area contributed by atoms with Crippen molar-refractivity contribution in [2.45, 2.75) is 107 Å². The summed E-state index contributed by atoms with van der Waals surface area (Å²) in [4.78, 5) is 46.9. The lowest BCUT2D eigenvalue weighted by molar-refractivity contribution is -0.134. The number of hydrogen-bond donors (Lipinski definition) is 3. The van der Waals surface area contributed by atoms with Gasteiger partial charge in [-0.15, -0.1) is 0 Å². The summed E-state index contributed by atoms with van der Waals surface area (Å²) < 4.78 is 86.1. The fraction of sp³-hybridized carbons (Fsp3) is 0.519. The number of carbonyl (C=O) groups is 2. The van der Waals surface area contributed by atoms with Crippen LogP contribution in [-0.2, 0) is 16.0 Å². The van der Waals surface area contributed by atoms with E-state index in [1.165, 1.54) is 30.3 Å². The number of piperazine rings is 2. The molecule has 7 aliphatic heterocycles. The average Bonchev–Trinajstić information content (AvgIpc) is 4.02. The minimum atomic E-state index is -1.45. The Hall–Kier alpha value is -5.72. The molecular formula is C52H56F5N9O4. The Kier molecular flexibility index (Phi) is 11.2. The molecule has 5 atom stereocenters. The Morgan fingerprint density at radius 1 is 0.857 bits per heavy atom. The van der Waals surface area contributed by atoms with Crippen LogP contribution >= 0.6 is 0 Å². The van der Waals surface area contributed by atoms with Gasteiger partial charge in [-0.2, -0.15) is 9.97 Å². The molecule has 8 fully saturated rings. The third kappa shape index (κ3) is 8.16. The Labute approximate surface area is 401 Å². The van der Waals surface area contributed by atoms with Crippen molar-refractivity contribution in [2.24, 2.45) is 5.41 Å². The molecule has 1 aliphatic carbocycles. The lowest BCUT2D eigenvalue weighted by Crippen LogP contribution is -2.71. The maximum Gasteiger partial charge on any atom is 0.319 e. The summed E-state index contributed by atoms with van der Waals surface area (Å²) in [6, 6.07) is 9.37. The first-order valence-corrected chi connectivity index (χ1v) is 24.9. The van der Waals surface area contributed by atoms with Crippen LogP contribution in [0.5, 0.6) is 11.8 Å². The van der Waals surface area contributed by atoms with Crippen LogP contribution in [0.4, 0.5) is 33.5 Å². The molecule has 0 radical (unpaired) electrons. The molecule has 13 rings (SSSR count). The third-order valence-corrected chi connectivity index (χ3v) is 16.5. The largest absolute Gasteiger partial charge is 0.508 e. The molecule has 13 nitrogen and oxygen atoms in total. The lowest BCUT2D eigenvalue weighted by atomic mass is 9.83. The number of benzene rings is 3. The predicted molar refractivity (Wildman–Crippen MR) is 253 cm³/mol. The molecule has 8 aliphatic rings. The summed E-state index contributed by atoms with van der Waals surface area (Å²) >= 11 is 0. The van der Waals surface area contributed by atoms with Crippen molar-refractivity contribution in [2.75, 3.05) is 68.8 Å². The van der Waals surface area contributed by atoms with Crippen LogP contribution in [0.1, 0.15) is 81.8 Å². The second kappa shape index (κ2) is 17.3. The summed E-state index contributed by atoms with van der Waals surface area (Å²) in [5.41, 5.74) is -0.942. The Morgan fingerprint density at radius 3 is 2.27 bits per heavy atom. The summed E-state index contributed by atoms with van der Waals surface area (Å²) in [7, 11) is 0. The number of halogens is 5. The topological polar surface area (TPSA) is 139 Å². The van der Waals surface area contributed by atoms with Gasteiger partial charge in [0.1, 0.15) is 45.9 Å². The molecule has 7 saturated heterocycles. The van der Waals surface area contributed by atoms with Crippen LogP contribution in [0.15, 0.2) is 42.6 Å². The number of aromatic hydroxyl groups is 1. The van der Waals surface area contributed by atoms with E-state index in [2.05, 4.69) is 30.3 Å². The first-order chi connectivity index (χ1) is 33.7. The number of alkyl halides is 1. The van der Waals surface area contributed by atoms with Crippen LogP contribution < -0.4 is 25.2 Å². The first kappa shape index (κ1) is 45.4. The van der Waals surface area contributed by atoms with Gasteiger partial charge in [-0.25, -0.2) is 22.0 Å². The fourth-order valence-corrected chi connectivity index (χ4v) is 12.6. The highest BCUT2D eigenvalue weighted by atomic mass is 19.2. The molecular weight excluding hydrogens is 910 g/mol. The number of phenols is 1. The highest BCUT2D eigenvalue weighted by Crippen LogP contribution is 2.49. The number of pyridine rings is 1. The average molecular weight is 966 g/mol. The molecule has 1 saturated carbocycles. The summed E-state index contributed by atoms with van der Waals surface area (Å²) in [5, 5.41) is 18.1. The lowest BCUT2D eigenvalue weighted by Gasteiger charge is -2.58. The van der Waals surface area contributed by atoms with Gasteiger partial charge in [0.05, 0.1) is 17.9 Å². The van der Waals surface area contributed by atoms with Crippen LogP contribution in [0.25, 0.3) is 32.9 Å². The number of aromatic nitrogens is 3. The highest BCUT2D eigenvalue weighted by Gasteiger charge is 2.52. The number of ether oxygens (including phenoxy) is 1. The molecule has 5 unspecified atom stereocenters. The molecule has 70 heavy (non-hydrogen) atoms. The van der Waals surface area contributed by atoms with E-state index in [9.17, 15) is 14.7 Å². The predicted octanol–water partition coefficient (Wildman–Crippen LogP) is 7.06. The standard InChI is InChI=1S/C52H56F5N9O4/c1-2-35-39(53)7-3-28-15-34(67)19-37(43(28)35)46-45(56)47-38(20-58-46)48(65-21-29-4-5-30(22-65)59-29)62-50(61-47)70-27-51(9-10-51)25-63-23-32-16-33(24-63)66(32)26-52(57)11-13-64(14-12-52)31-17-40(54)44(41(55)18-31)36-6-8-42(68)60-49(36)69/h3,7,15,17-20,29-30,32-33,36,59,67H,2,4-6,8-14,16,21-27H2,1H3,(H,60,68,69). The zero-order valence-corrected chi connectivity index (χ0v) is 39.1. The van der Waals surface area contributed by atoms with Crippen molar-refractivity contribution in [3.8, 4) is 23.0 Å². The minimum Gasteiger partial charge on any atom is -0.508 e. The molecule has 2 aromatic heterocycles. The highest BCUT2D eigenvalue weighted by molar-refractivity contribution is 6.02. The van der Waals surface area contributed by atoms with Crippen LogP contribution in [0.2, 0.25) is 0 Å².